The minimum atomic E-state index is -0.234. The lowest BCUT2D eigenvalue weighted by atomic mass is 10.0. The number of amidine groups is 1. The van der Waals surface area contributed by atoms with Crippen molar-refractivity contribution in [3.63, 3.8) is 0 Å². The van der Waals surface area contributed by atoms with Crippen LogP contribution in [0.15, 0.2) is 53.5 Å². The van der Waals surface area contributed by atoms with Gasteiger partial charge < -0.3 is 19.7 Å². The minimum Gasteiger partial charge on any atom is -0.494 e. The van der Waals surface area contributed by atoms with Crippen LogP contribution in [0.2, 0.25) is 0 Å². The van der Waals surface area contributed by atoms with Crippen molar-refractivity contribution in [3.05, 3.63) is 59.9 Å². The van der Waals surface area contributed by atoms with Gasteiger partial charge in [0, 0.05) is 24.7 Å². The molecule has 0 saturated carbocycles. The van der Waals surface area contributed by atoms with Crippen LogP contribution in [0.4, 0.5) is 10.1 Å². The zero-order chi connectivity index (χ0) is 19.9. The van der Waals surface area contributed by atoms with Crippen molar-refractivity contribution in [1.29, 1.82) is 0 Å². The van der Waals surface area contributed by atoms with Crippen LogP contribution >= 0.6 is 24.8 Å². The Hall–Kier alpha value is -2.02. The molecule has 2 aliphatic heterocycles. The van der Waals surface area contributed by atoms with Crippen LogP contribution in [0.25, 0.3) is 0 Å². The summed E-state index contributed by atoms with van der Waals surface area (Å²) < 4.78 is 24.3. The molecule has 1 N–H and O–H groups in total. The Balaban J connectivity index is 0.00000171. The molecule has 0 bridgehead atoms. The van der Waals surface area contributed by atoms with Crippen LogP contribution in [0.1, 0.15) is 31.2 Å². The molecule has 0 spiro atoms. The van der Waals surface area contributed by atoms with E-state index < -0.39 is 0 Å². The smallest absolute Gasteiger partial charge is 0.290 e. The first-order valence-corrected chi connectivity index (χ1v) is 10.4. The minimum absolute atomic E-state index is 0. The summed E-state index contributed by atoms with van der Waals surface area (Å²) >= 11 is 0. The topological polar surface area (TPSA) is 46.1 Å². The summed E-state index contributed by atoms with van der Waals surface area (Å²) in [6.45, 7) is 4.51. The lowest BCUT2D eigenvalue weighted by Crippen LogP contribution is -2.45. The molecule has 1 fully saturated rings. The third-order valence-electron chi connectivity index (χ3n) is 5.44. The number of piperidine rings is 1. The summed E-state index contributed by atoms with van der Waals surface area (Å²) in [6, 6.07) is 15.4. The second-order valence-corrected chi connectivity index (χ2v) is 7.60. The van der Waals surface area contributed by atoms with Crippen molar-refractivity contribution in [2.75, 3.05) is 26.2 Å². The molecule has 5 nitrogen and oxygen atoms in total. The Morgan fingerprint density at radius 3 is 2.55 bits per heavy atom. The number of halogens is 3. The summed E-state index contributed by atoms with van der Waals surface area (Å²) in [5.41, 5.74) is 2.14. The highest BCUT2D eigenvalue weighted by Gasteiger charge is 2.21. The molecule has 0 amide bonds. The number of nitrogens with zero attached hydrogens (tertiary/aromatic N) is 2. The lowest BCUT2D eigenvalue weighted by molar-refractivity contribution is 0.188. The molecule has 4 rings (SSSR count). The second kappa shape index (κ2) is 12.7. The van der Waals surface area contributed by atoms with E-state index in [1.165, 1.54) is 12.1 Å². The Labute approximate surface area is 195 Å². The Morgan fingerprint density at radius 1 is 1.03 bits per heavy atom. The normalized spacial score (nSPS) is 16.1. The second-order valence-electron chi connectivity index (χ2n) is 7.60. The zero-order valence-electron chi connectivity index (χ0n) is 17.5. The molecule has 2 heterocycles. The Bertz CT molecular complexity index is 828. The number of hydrogen-bond acceptors (Lipinski definition) is 5. The molecule has 1 saturated heterocycles. The van der Waals surface area contributed by atoms with Crippen LogP contribution < -0.4 is 10.1 Å². The maximum absolute atomic E-state index is 12.9. The van der Waals surface area contributed by atoms with E-state index in [1.54, 1.807) is 12.1 Å². The molecule has 2 aromatic carbocycles. The fourth-order valence-corrected chi connectivity index (χ4v) is 3.74. The highest BCUT2D eigenvalue weighted by atomic mass is 35.5. The molecule has 0 radical (unpaired) electrons. The summed E-state index contributed by atoms with van der Waals surface area (Å²) in [6.07, 6.45) is 4.29. The van der Waals surface area contributed by atoms with E-state index in [2.05, 4.69) is 21.3 Å². The number of benzene rings is 2. The van der Waals surface area contributed by atoms with Gasteiger partial charge in [0.25, 0.3) is 6.02 Å². The highest BCUT2D eigenvalue weighted by Crippen LogP contribution is 2.24. The lowest BCUT2D eigenvalue weighted by Gasteiger charge is -2.33. The maximum Gasteiger partial charge on any atom is 0.290 e. The van der Waals surface area contributed by atoms with Crippen molar-refractivity contribution in [3.8, 4) is 5.75 Å². The first-order chi connectivity index (χ1) is 14.3. The molecule has 2 aromatic rings. The molecule has 0 atom stereocenters. The van der Waals surface area contributed by atoms with Crippen LogP contribution in [0, 0.1) is 5.82 Å². The maximum atomic E-state index is 12.9. The van der Waals surface area contributed by atoms with Gasteiger partial charge in [0.1, 0.15) is 18.2 Å². The first-order valence-electron chi connectivity index (χ1n) is 10.4. The molecule has 0 aliphatic carbocycles. The molecular weight excluding hydrogens is 440 g/mol. The number of nitrogens with one attached hydrogen (secondary N) is 1. The number of para-hydroxylation sites is 1. The van der Waals surface area contributed by atoms with Gasteiger partial charge in [0.15, 0.2) is 0 Å². The van der Waals surface area contributed by atoms with E-state index in [1.807, 2.05) is 18.2 Å². The fourth-order valence-electron chi connectivity index (χ4n) is 3.74. The van der Waals surface area contributed by atoms with Gasteiger partial charge in [0.05, 0.1) is 12.3 Å². The summed E-state index contributed by atoms with van der Waals surface area (Å²) in [4.78, 5) is 7.10. The Morgan fingerprint density at radius 2 is 1.77 bits per heavy atom. The van der Waals surface area contributed by atoms with E-state index >= 15 is 0 Å². The largest absolute Gasteiger partial charge is 0.494 e. The van der Waals surface area contributed by atoms with Crippen molar-refractivity contribution >= 4 is 36.5 Å². The van der Waals surface area contributed by atoms with Gasteiger partial charge in [-0.15, -0.1) is 24.8 Å². The standard InChI is InChI=1S/C23H28FN3O2.2ClH/c24-19-7-9-21(10-8-19)28-16-4-3-13-27-14-11-20(12-15-27)25-23-26-22-6-2-1-5-18(22)17-29-23;;/h1-2,5-10,20H,3-4,11-17H2,(H,25,26);2*1H. The number of likely N-dealkylation sites (tertiary alicyclic amines) is 1. The Kier molecular flexibility index (Phi) is 10.4. The van der Waals surface area contributed by atoms with Gasteiger partial charge in [-0.3, -0.25) is 0 Å². The quantitative estimate of drug-likeness (QED) is 0.572. The van der Waals surface area contributed by atoms with Crippen molar-refractivity contribution in [1.82, 2.24) is 10.2 Å². The van der Waals surface area contributed by atoms with Gasteiger partial charge in [-0.2, -0.15) is 4.99 Å². The average molecular weight is 470 g/mol. The molecule has 2 aliphatic rings. The molecule has 0 unspecified atom stereocenters. The summed E-state index contributed by atoms with van der Waals surface area (Å²) in [5.74, 6) is 0.496. The zero-order valence-corrected chi connectivity index (χ0v) is 19.1. The van der Waals surface area contributed by atoms with Gasteiger partial charge >= 0.3 is 0 Å². The van der Waals surface area contributed by atoms with Gasteiger partial charge in [-0.05, 0) is 62.6 Å². The number of hydrogen-bond donors (Lipinski definition) is 1. The van der Waals surface area contributed by atoms with Crippen LogP contribution in [0.3, 0.4) is 0 Å². The molecule has 31 heavy (non-hydrogen) atoms. The average Bonchev–Trinajstić information content (AvgIpc) is 2.76. The number of unbranched alkanes of at least 4 members (excludes halogenated alkanes) is 1. The molecule has 170 valence electrons. The predicted octanol–water partition coefficient (Wildman–Crippen LogP) is 5.10. The van der Waals surface area contributed by atoms with E-state index in [9.17, 15) is 4.39 Å². The van der Waals surface area contributed by atoms with Gasteiger partial charge in [-0.1, -0.05) is 18.2 Å². The third-order valence-corrected chi connectivity index (χ3v) is 5.44. The predicted molar refractivity (Wildman–Crippen MR) is 127 cm³/mol. The monoisotopic (exact) mass is 469 g/mol. The number of ether oxygens (including phenoxy) is 2. The SMILES string of the molecule is Cl.Cl.Fc1ccc(OCCCCN2CCC(NC3=Nc4ccccc4CO3)CC2)cc1. The number of rotatable bonds is 7. The summed E-state index contributed by atoms with van der Waals surface area (Å²) in [5, 5.41) is 3.47. The number of aliphatic imine (C=N–C) groups is 1. The van der Waals surface area contributed by atoms with Crippen molar-refractivity contribution in [2.24, 2.45) is 4.99 Å². The molecular formula is C23H30Cl2FN3O2. The van der Waals surface area contributed by atoms with Crippen molar-refractivity contribution in [2.45, 2.75) is 38.3 Å². The first kappa shape index (κ1) is 25.2. The van der Waals surface area contributed by atoms with E-state index in [4.69, 9.17) is 9.47 Å². The van der Waals surface area contributed by atoms with Gasteiger partial charge in [0.2, 0.25) is 0 Å². The summed E-state index contributed by atoms with van der Waals surface area (Å²) in [7, 11) is 0. The van der Waals surface area contributed by atoms with Crippen molar-refractivity contribution < 1.29 is 13.9 Å². The van der Waals surface area contributed by atoms with Gasteiger partial charge in [-0.25, -0.2) is 4.39 Å². The molecule has 0 aromatic heterocycles. The third kappa shape index (κ3) is 7.56. The highest BCUT2D eigenvalue weighted by molar-refractivity contribution is 5.85. The van der Waals surface area contributed by atoms with E-state index in [-0.39, 0.29) is 30.6 Å². The number of fused-ring (bicyclic) bond motifs is 1. The van der Waals surface area contributed by atoms with Crippen LogP contribution in [-0.2, 0) is 11.3 Å². The fraction of sp³-hybridized carbons (Fsp3) is 0.435. The van der Waals surface area contributed by atoms with Crippen LogP contribution in [0.5, 0.6) is 5.75 Å². The van der Waals surface area contributed by atoms with E-state index in [0.29, 0.717) is 25.3 Å². The molecule has 8 heteroatoms. The van der Waals surface area contributed by atoms with Crippen LogP contribution in [-0.4, -0.2) is 43.2 Å². The van der Waals surface area contributed by atoms with E-state index in [0.717, 1.165) is 62.3 Å².